The molecule has 2 rings (SSSR count). The maximum absolute atomic E-state index is 12.2. The molecule has 0 unspecified atom stereocenters. The summed E-state index contributed by atoms with van der Waals surface area (Å²) < 4.78 is 10.3. The Kier molecular flexibility index (Phi) is 5.20. The second kappa shape index (κ2) is 7.11. The summed E-state index contributed by atoms with van der Waals surface area (Å²) in [6.07, 6.45) is 0. The Balaban J connectivity index is 2.21. The van der Waals surface area contributed by atoms with Gasteiger partial charge in [0.1, 0.15) is 5.75 Å². The first-order chi connectivity index (χ1) is 10.1. The van der Waals surface area contributed by atoms with Crippen LogP contribution in [0.5, 0.6) is 5.75 Å². The average Bonchev–Trinajstić information content (AvgIpc) is 2.47. The van der Waals surface area contributed by atoms with Crippen LogP contribution in [0.2, 0.25) is 5.02 Å². The van der Waals surface area contributed by atoms with E-state index < -0.39 is 0 Å². The molecule has 0 atom stereocenters. The molecule has 0 fully saturated rings. The Morgan fingerprint density at radius 2 is 2.00 bits per heavy atom. The monoisotopic (exact) mass is 305 g/mol. The number of methoxy groups -OCH3 is 2. The van der Waals surface area contributed by atoms with Gasteiger partial charge in [-0.3, -0.25) is 4.79 Å². The molecule has 0 aliphatic carbocycles. The van der Waals surface area contributed by atoms with Gasteiger partial charge in [0.15, 0.2) is 0 Å². The zero-order valence-electron chi connectivity index (χ0n) is 11.9. The maximum atomic E-state index is 12.2. The van der Waals surface area contributed by atoms with Gasteiger partial charge in [-0.05, 0) is 36.4 Å². The fourth-order valence-electron chi connectivity index (χ4n) is 1.96. The van der Waals surface area contributed by atoms with E-state index in [4.69, 9.17) is 21.1 Å². The van der Waals surface area contributed by atoms with Crippen molar-refractivity contribution in [3.05, 3.63) is 58.6 Å². The summed E-state index contributed by atoms with van der Waals surface area (Å²) in [5.41, 5.74) is 2.00. The second-order valence-electron chi connectivity index (χ2n) is 4.42. The Labute approximate surface area is 128 Å². The van der Waals surface area contributed by atoms with Crippen LogP contribution in [0, 0.1) is 0 Å². The van der Waals surface area contributed by atoms with Crippen molar-refractivity contribution in [3.8, 4) is 5.75 Å². The highest BCUT2D eigenvalue weighted by atomic mass is 35.5. The summed E-state index contributed by atoms with van der Waals surface area (Å²) in [5, 5.41) is 3.37. The van der Waals surface area contributed by atoms with E-state index in [9.17, 15) is 4.79 Å². The van der Waals surface area contributed by atoms with Crippen molar-refractivity contribution in [1.82, 2.24) is 0 Å². The number of hydrogen-bond donors (Lipinski definition) is 1. The first-order valence-electron chi connectivity index (χ1n) is 6.37. The third-order valence-electron chi connectivity index (χ3n) is 2.92. The minimum Gasteiger partial charge on any atom is -0.496 e. The predicted octanol–water partition coefficient (Wildman–Crippen LogP) is 3.75. The van der Waals surface area contributed by atoms with Crippen LogP contribution in [0.1, 0.15) is 15.9 Å². The number of hydrogen-bond acceptors (Lipinski definition) is 3. The first-order valence-corrected chi connectivity index (χ1v) is 6.74. The molecule has 21 heavy (non-hydrogen) atoms. The number of anilines is 1. The van der Waals surface area contributed by atoms with E-state index in [1.807, 2.05) is 0 Å². The Hall–Kier alpha value is -2.04. The largest absolute Gasteiger partial charge is 0.496 e. The molecule has 0 radical (unpaired) electrons. The van der Waals surface area contributed by atoms with E-state index in [1.54, 1.807) is 56.7 Å². The van der Waals surface area contributed by atoms with Gasteiger partial charge in [0.05, 0.1) is 13.7 Å². The molecule has 0 aromatic heterocycles. The van der Waals surface area contributed by atoms with Crippen LogP contribution in [0.3, 0.4) is 0 Å². The van der Waals surface area contributed by atoms with E-state index in [1.165, 1.54) is 0 Å². The van der Waals surface area contributed by atoms with Crippen molar-refractivity contribution in [2.24, 2.45) is 0 Å². The molecule has 2 aromatic carbocycles. The molecule has 0 heterocycles. The minimum absolute atomic E-state index is 0.211. The zero-order valence-corrected chi connectivity index (χ0v) is 12.6. The summed E-state index contributed by atoms with van der Waals surface area (Å²) in [6.45, 7) is 0.376. The van der Waals surface area contributed by atoms with Crippen LogP contribution >= 0.6 is 11.6 Å². The van der Waals surface area contributed by atoms with E-state index in [-0.39, 0.29) is 5.91 Å². The Morgan fingerprint density at radius 3 is 2.67 bits per heavy atom. The Bertz CT molecular complexity index is 643. The van der Waals surface area contributed by atoms with Gasteiger partial charge in [-0.25, -0.2) is 0 Å². The van der Waals surface area contributed by atoms with E-state index in [0.717, 1.165) is 5.56 Å². The summed E-state index contributed by atoms with van der Waals surface area (Å²) in [6, 6.07) is 12.2. The van der Waals surface area contributed by atoms with E-state index >= 15 is 0 Å². The lowest BCUT2D eigenvalue weighted by molar-refractivity contribution is 0.102. The number of benzene rings is 2. The summed E-state index contributed by atoms with van der Waals surface area (Å²) >= 11 is 5.90. The number of halogens is 1. The molecule has 0 aliphatic rings. The predicted molar refractivity (Wildman–Crippen MR) is 83.1 cm³/mol. The number of ether oxygens (including phenoxy) is 2. The number of amides is 1. The Morgan fingerprint density at radius 1 is 1.19 bits per heavy atom. The highest BCUT2D eigenvalue weighted by Gasteiger charge is 2.10. The van der Waals surface area contributed by atoms with Gasteiger partial charge in [0.2, 0.25) is 0 Å². The van der Waals surface area contributed by atoms with Crippen LogP contribution in [-0.2, 0) is 11.3 Å². The van der Waals surface area contributed by atoms with Gasteiger partial charge in [-0.2, -0.15) is 0 Å². The third kappa shape index (κ3) is 3.97. The highest BCUT2D eigenvalue weighted by Crippen LogP contribution is 2.22. The number of nitrogens with one attached hydrogen (secondary N) is 1. The van der Waals surface area contributed by atoms with Gasteiger partial charge in [-0.15, -0.1) is 0 Å². The quantitative estimate of drug-likeness (QED) is 0.915. The molecule has 0 bridgehead atoms. The number of rotatable bonds is 5. The molecular formula is C16H16ClNO3. The highest BCUT2D eigenvalue weighted by molar-refractivity contribution is 6.30. The first kappa shape index (κ1) is 15.4. The third-order valence-corrected chi connectivity index (χ3v) is 3.16. The molecule has 0 saturated heterocycles. The van der Waals surface area contributed by atoms with Gasteiger partial charge in [-0.1, -0.05) is 17.7 Å². The molecule has 2 aromatic rings. The van der Waals surface area contributed by atoms with Gasteiger partial charge < -0.3 is 14.8 Å². The SMILES string of the molecule is COCc1cc(C(=O)Nc2cccc(Cl)c2)ccc1OC. The molecule has 5 heteroatoms. The molecular weight excluding hydrogens is 290 g/mol. The average molecular weight is 306 g/mol. The molecule has 0 aliphatic heterocycles. The summed E-state index contributed by atoms with van der Waals surface area (Å²) in [5.74, 6) is 0.480. The lowest BCUT2D eigenvalue weighted by Crippen LogP contribution is -2.12. The molecule has 1 amide bonds. The van der Waals surface area contributed by atoms with Crippen molar-refractivity contribution >= 4 is 23.2 Å². The molecule has 0 saturated carbocycles. The van der Waals surface area contributed by atoms with Crippen molar-refractivity contribution in [1.29, 1.82) is 0 Å². The van der Waals surface area contributed by atoms with E-state index in [0.29, 0.717) is 28.6 Å². The van der Waals surface area contributed by atoms with Gasteiger partial charge in [0, 0.05) is 28.9 Å². The maximum Gasteiger partial charge on any atom is 0.255 e. The van der Waals surface area contributed by atoms with Crippen LogP contribution in [0.25, 0.3) is 0 Å². The van der Waals surface area contributed by atoms with Gasteiger partial charge >= 0.3 is 0 Å². The van der Waals surface area contributed by atoms with E-state index in [2.05, 4.69) is 5.32 Å². The smallest absolute Gasteiger partial charge is 0.255 e. The fraction of sp³-hybridized carbons (Fsp3) is 0.188. The van der Waals surface area contributed by atoms with Crippen LogP contribution in [-0.4, -0.2) is 20.1 Å². The molecule has 0 spiro atoms. The van der Waals surface area contributed by atoms with Crippen molar-refractivity contribution in [2.75, 3.05) is 19.5 Å². The standard InChI is InChI=1S/C16H16ClNO3/c1-20-10-12-8-11(6-7-15(12)21-2)16(19)18-14-5-3-4-13(17)9-14/h3-9H,10H2,1-2H3,(H,18,19). The van der Waals surface area contributed by atoms with Crippen LogP contribution < -0.4 is 10.1 Å². The zero-order chi connectivity index (χ0) is 15.2. The number of carbonyl (C=O) groups is 1. The van der Waals surface area contributed by atoms with Crippen molar-refractivity contribution in [3.63, 3.8) is 0 Å². The van der Waals surface area contributed by atoms with Gasteiger partial charge in [0.25, 0.3) is 5.91 Å². The lowest BCUT2D eigenvalue weighted by Gasteiger charge is -2.10. The molecule has 1 N–H and O–H groups in total. The minimum atomic E-state index is -0.211. The fourth-order valence-corrected chi connectivity index (χ4v) is 2.15. The number of carbonyl (C=O) groups excluding carboxylic acids is 1. The van der Waals surface area contributed by atoms with Crippen molar-refractivity contribution < 1.29 is 14.3 Å². The lowest BCUT2D eigenvalue weighted by atomic mass is 10.1. The molecule has 4 nitrogen and oxygen atoms in total. The van der Waals surface area contributed by atoms with Crippen LogP contribution in [0.15, 0.2) is 42.5 Å². The van der Waals surface area contributed by atoms with Crippen LogP contribution in [0.4, 0.5) is 5.69 Å². The normalized spacial score (nSPS) is 10.2. The summed E-state index contributed by atoms with van der Waals surface area (Å²) in [7, 11) is 3.18. The topological polar surface area (TPSA) is 47.6 Å². The second-order valence-corrected chi connectivity index (χ2v) is 4.86. The summed E-state index contributed by atoms with van der Waals surface area (Å²) in [4.78, 5) is 12.2. The van der Waals surface area contributed by atoms with Crippen molar-refractivity contribution in [2.45, 2.75) is 6.61 Å². The molecule has 110 valence electrons.